The minimum atomic E-state index is -4.42. The zero-order chi connectivity index (χ0) is 11.6. The average Bonchev–Trinajstić information content (AvgIpc) is 1.99. The van der Waals surface area contributed by atoms with Gasteiger partial charge in [-0.25, -0.2) is 0 Å². The van der Waals surface area contributed by atoms with E-state index in [4.69, 9.17) is 11.6 Å². The van der Waals surface area contributed by atoms with Crippen LogP contribution in [0.25, 0.3) is 0 Å². The lowest BCUT2D eigenvalue weighted by molar-refractivity contribution is -0.136. The number of nitrogens with one attached hydrogen (secondary N) is 1. The number of alkyl halides is 3. The first kappa shape index (κ1) is 12.3. The van der Waals surface area contributed by atoms with Crippen molar-refractivity contribution in [2.75, 3.05) is 5.32 Å². The van der Waals surface area contributed by atoms with Crippen molar-refractivity contribution in [3.63, 3.8) is 0 Å². The van der Waals surface area contributed by atoms with Crippen molar-refractivity contribution in [1.82, 2.24) is 0 Å². The van der Waals surface area contributed by atoms with Crippen LogP contribution in [0.2, 0.25) is 5.02 Å². The third kappa shape index (κ3) is 3.35. The van der Waals surface area contributed by atoms with Crippen LogP contribution in [-0.2, 0) is 6.18 Å². The van der Waals surface area contributed by atoms with Crippen molar-refractivity contribution >= 4 is 34.5 Å². The Kier molecular flexibility index (Phi) is 3.57. The molecule has 0 fully saturated rings. The normalized spacial score (nSPS) is 11.3. The summed E-state index contributed by atoms with van der Waals surface area (Å²) in [6.07, 6.45) is -4.42. The molecular weight excluding hydrogens is 247 g/mol. The van der Waals surface area contributed by atoms with E-state index in [9.17, 15) is 13.2 Å². The van der Waals surface area contributed by atoms with E-state index in [-0.39, 0.29) is 15.7 Å². The lowest BCUT2D eigenvalue weighted by atomic mass is 10.1. The van der Waals surface area contributed by atoms with E-state index in [1.54, 1.807) is 0 Å². The van der Waals surface area contributed by atoms with Gasteiger partial charge in [0, 0.05) is 5.02 Å². The molecular formula is C9H7ClF3NS. The summed E-state index contributed by atoms with van der Waals surface area (Å²) in [4.78, 5) is 0.253. The highest BCUT2D eigenvalue weighted by atomic mass is 35.5. The molecule has 1 rings (SSSR count). The second-order valence-electron chi connectivity index (χ2n) is 2.87. The van der Waals surface area contributed by atoms with Gasteiger partial charge in [-0.3, -0.25) is 0 Å². The highest BCUT2D eigenvalue weighted by Gasteiger charge is 2.33. The van der Waals surface area contributed by atoms with Gasteiger partial charge in [0.1, 0.15) is 0 Å². The van der Waals surface area contributed by atoms with E-state index in [1.807, 2.05) is 0 Å². The Hall–Kier alpha value is -0.810. The van der Waals surface area contributed by atoms with Gasteiger partial charge < -0.3 is 5.32 Å². The van der Waals surface area contributed by atoms with Crippen LogP contribution in [-0.4, -0.2) is 4.99 Å². The van der Waals surface area contributed by atoms with Crippen LogP contribution in [0.1, 0.15) is 12.5 Å². The first-order valence-electron chi connectivity index (χ1n) is 3.95. The maximum atomic E-state index is 12.5. The summed E-state index contributed by atoms with van der Waals surface area (Å²) >= 11 is 10.3. The maximum absolute atomic E-state index is 12.5. The minimum Gasteiger partial charge on any atom is -0.350 e. The lowest BCUT2D eigenvalue weighted by Gasteiger charge is -2.13. The molecule has 0 aliphatic rings. The van der Waals surface area contributed by atoms with Crippen molar-refractivity contribution in [3.8, 4) is 0 Å². The van der Waals surface area contributed by atoms with Crippen molar-refractivity contribution in [1.29, 1.82) is 0 Å². The summed E-state index contributed by atoms with van der Waals surface area (Å²) in [5.74, 6) is 0. The van der Waals surface area contributed by atoms with Crippen LogP contribution in [0.3, 0.4) is 0 Å². The van der Waals surface area contributed by atoms with Crippen LogP contribution in [0.15, 0.2) is 18.2 Å². The largest absolute Gasteiger partial charge is 0.418 e. The molecule has 0 atom stereocenters. The molecule has 82 valence electrons. The van der Waals surface area contributed by atoms with Crippen LogP contribution < -0.4 is 5.32 Å². The van der Waals surface area contributed by atoms with Gasteiger partial charge in [-0.1, -0.05) is 23.8 Å². The van der Waals surface area contributed by atoms with Crippen LogP contribution in [0.5, 0.6) is 0 Å². The molecule has 0 aliphatic carbocycles. The van der Waals surface area contributed by atoms with Crippen LogP contribution in [0, 0.1) is 0 Å². The Morgan fingerprint density at radius 3 is 2.47 bits per heavy atom. The number of anilines is 1. The predicted molar refractivity (Wildman–Crippen MR) is 58.3 cm³/mol. The van der Waals surface area contributed by atoms with E-state index in [0.717, 1.165) is 6.07 Å². The fourth-order valence-electron chi connectivity index (χ4n) is 1.06. The van der Waals surface area contributed by atoms with Gasteiger partial charge >= 0.3 is 6.18 Å². The quantitative estimate of drug-likeness (QED) is 0.756. The molecule has 0 saturated carbocycles. The Morgan fingerprint density at radius 1 is 1.40 bits per heavy atom. The summed E-state index contributed by atoms with van der Waals surface area (Å²) in [6.45, 7) is 1.50. The molecule has 1 N–H and O–H groups in total. The molecule has 0 aliphatic heterocycles. The van der Waals surface area contributed by atoms with Gasteiger partial charge in [-0.2, -0.15) is 13.2 Å². The fraction of sp³-hybridized carbons (Fsp3) is 0.222. The lowest BCUT2D eigenvalue weighted by Crippen LogP contribution is -2.12. The summed E-state index contributed by atoms with van der Waals surface area (Å²) in [6, 6.07) is 3.30. The van der Waals surface area contributed by atoms with Gasteiger partial charge in [0.05, 0.1) is 16.2 Å². The van der Waals surface area contributed by atoms with Crippen molar-refractivity contribution in [2.45, 2.75) is 13.1 Å². The van der Waals surface area contributed by atoms with Crippen molar-refractivity contribution in [2.24, 2.45) is 0 Å². The minimum absolute atomic E-state index is 0.123. The average molecular weight is 254 g/mol. The van der Waals surface area contributed by atoms with E-state index >= 15 is 0 Å². The predicted octanol–water partition coefficient (Wildman–Crippen LogP) is 4.12. The van der Waals surface area contributed by atoms with E-state index in [0.29, 0.717) is 0 Å². The van der Waals surface area contributed by atoms with Crippen molar-refractivity contribution in [3.05, 3.63) is 28.8 Å². The van der Waals surface area contributed by atoms with Crippen LogP contribution in [0.4, 0.5) is 18.9 Å². The van der Waals surface area contributed by atoms with Crippen molar-refractivity contribution < 1.29 is 13.2 Å². The first-order chi connectivity index (χ1) is 6.80. The highest BCUT2D eigenvalue weighted by molar-refractivity contribution is 7.80. The van der Waals surface area contributed by atoms with E-state index < -0.39 is 11.7 Å². The molecule has 1 aromatic carbocycles. The number of hydrogen-bond acceptors (Lipinski definition) is 1. The first-order valence-corrected chi connectivity index (χ1v) is 4.73. The molecule has 0 saturated heterocycles. The summed E-state index contributed by atoms with van der Waals surface area (Å²) in [5.41, 5.74) is -0.904. The number of benzene rings is 1. The second-order valence-corrected chi connectivity index (χ2v) is 3.92. The number of thiocarbonyl (C=S) groups is 1. The summed E-state index contributed by atoms with van der Waals surface area (Å²) in [7, 11) is 0. The molecule has 0 bridgehead atoms. The number of hydrogen-bond donors (Lipinski definition) is 1. The molecule has 6 heteroatoms. The zero-order valence-corrected chi connectivity index (χ0v) is 9.22. The Morgan fingerprint density at radius 2 is 2.00 bits per heavy atom. The van der Waals surface area contributed by atoms with Gasteiger partial charge in [0.15, 0.2) is 0 Å². The molecule has 0 unspecified atom stereocenters. The molecule has 1 aromatic rings. The van der Waals surface area contributed by atoms with E-state index in [1.165, 1.54) is 19.1 Å². The molecule has 0 amide bonds. The van der Waals surface area contributed by atoms with Gasteiger partial charge in [-0.15, -0.1) is 0 Å². The zero-order valence-electron chi connectivity index (χ0n) is 7.65. The molecule has 0 heterocycles. The van der Waals surface area contributed by atoms with Gasteiger partial charge in [0.25, 0.3) is 0 Å². The Balaban J connectivity index is 3.20. The second kappa shape index (κ2) is 4.37. The van der Waals surface area contributed by atoms with Gasteiger partial charge in [0.2, 0.25) is 0 Å². The number of rotatable bonds is 1. The van der Waals surface area contributed by atoms with Gasteiger partial charge in [-0.05, 0) is 25.1 Å². The number of halogens is 4. The molecule has 15 heavy (non-hydrogen) atoms. The Labute approximate surface area is 95.2 Å². The summed E-state index contributed by atoms with van der Waals surface area (Å²) < 4.78 is 37.5. The molecule has 0 spiro atoms. The van der Waals surface area contributed by atoms with Crippen LogP contribution >= 0.6 is 23.8 Å². The Bertz CT molecular complexity index is 389. The summed E-state index contributed by atoms with van der Waals surface area (Å²) in [5, 5.41) is 2.67. The molecule has 1 nitrogen and oxygen atoms in total. The third-order valence-electron chi connectivity index (χ3n) is 1.60. The molecule has 0 radical (unpaired) electrons. The monoisotopic (exact) mass is 253 g/mol. The molecule has 0 aromatic heterocycles. The third-order valence-corrected chi connectivity index (χ3v) is 1.93. The highest BCUT2D eigenvalue weighted by Crippen LogP contribution is 2.36. The smallest absolute Gasteiger partial charge is 0.350 e. The topological polar surface area (TPSA) is 12.0 Å². The SMILES string of the molecule is CC(=S)Nc1cc(Cl)ccc1C(F)(F)F. The fourth-order valence-corrected chi connectivity index (χ4v) is 1.34. The maximum Gasteiger partial charge on any atom is 0.418 e. The van der Waals surface area contributed by atoms with E-state index in [2.05, 4.69) is 17.5 Å². The standard InChI is InChI=1S/C9H7ClF3NS/c1-5(15)14-8-4-6(10)2-3-7(8)9(11,12)13/h2-4H,1H3,(H,14,15).